The number of hydrogen-bond donors (Lipinski definition) is 2. The number of hydrogen-bond acceptors (Lipinski definition) is 3. The minimum Gasteiger partial charge on any atom is -0.469 e. The van der Waals surface area contributed by atoms with Crippen LogP contribution < -0.4 is 15.4 Å². The first-order valence-corrected chi connectivity index (χ1v) is 4.62. The number of carbonyl (C=O) groups excluding carboxylic acids is 2. The lowest BCUT2D eigenvalue weighted by molar-refractivity contribution is -0.124. The van der Waals surface area contributed by atoms with Crippen molar-refractivity contribution in [2.24, 2.45) is 0 Å². The number of nitrogens with one attached hydrogen (secondary N) is 2. The summed E-state index contributed by atoms with van der Waals surface area (Å²) in [4.78, 5) is 22.6. The molecule has 1 aromatic rings. The van der Waals surface area contributed by atoms with Gasteiger partial charge in [0.15, 0.2) is 6.23 Å². The van der Waals surface area contributed by atoms with E-state index in [0.29, 0.717) is 5.75 Å². The van der Waals surface area contributed by atoms with Crippen LogP contribution in [0.3, 0.4) is 0 Å². The van der Waals surface area contributed by atoms with Gasteiger partial charge in [-0.3, -0.25) is 10.1 Å². The molecule has 0 aromatic heterocycles. The third kappa shape index (κ3) is 1.09. The third-order valence-electron chi connectivity index (χ3n) is 2.60. The Kier molecular flexibility index (Phi) is 1.50. The van der Waals surface area contributed by atoms with E-state index in [-0.39, 0.29) is 5.91 Å². The number of para-hydroxylation sites is 1. The largest absolute Gasteiger partial charge is 0.469 e. The molecule has 1 saturated heterocycles. The van der Waals surface area contributed by atoms with Gasteiger partial charge in [-0.2, -0.15) is 0 Å². The summed E-state index contributed by atoms with van der Waals surface area (Å²) in [7, 11) is 0. The van der Waals surface area contributed by atoms with Gasteiger partial charge in [-0.1, -0.05) is 18.2 Å². The lowest BCUT2D eigenvalue weighted by atomic mass is 9.97. The van der Waals surface area contributed by atoms with Crippen molar-refractivity contribution in [3.05, 3.63) is 29.8 Å². The predicted octanol–water partition coefficient (Wildman–Crippen LogP) is 0.328. The maximum absolute atomic E-state index is 11.6. The van der Waals surface area contributed by atoms with E-state index in [4.69, 9.17) is 4.74 Å². The van der Waals surface area contributed by atoms with E-state index in [1.807, 2.05) is 18.2 Å². The number of amides is 3. The van der Waals surface area contributed by atoms with Crippen LogP contribution in [0.5, 0.6) is 5.75 Å². The highest BCUT2D eigenvalue weighted by Crippen LogP contribution is 2.37. The number of imide groups is 1. The molecule has 3 amide bonds. The quantitative estimate of drug-likeness (QED) is 0.639. The van der Waals surface area contributed by atoms with Gasteiger partial charge in [0, 0.05) is 5.56 Å². The van der Waals surface area contributed by atoms with Gasteiger partial charge >= 0.3 is 6.03 Å². The molecular weight excluding hydrogens is 196 g/mol. The van der Waals surface area contributed by atoms with E-state index >= 15 is 0 Å². The lowest BCUT2D eigenvalue weighted by Gasteiger charge is -2.24. The summed E-state index contributed by atoms with van der Waals surface area (Å²) in [5.74, 6) is -0.0857. The second-order valence-electron chi connectivity index (χ2n) is 3.52. The van der Waals surface area contributed by atoms with Crippen molar-refractivity contribution in [2.75, 3.05) is 0 Å². The number of ether oxygens (including phenoxy) is 1. The highest BCUT2D eigenvalue weighted by Gasteiger charge is 2.44. The summed E-state index contributed by atoms with van der Waals surface area (Å²) in [6, 6.07) is 6.78. The summed E-state index contributed by atoms with van der Waals surface area (Å²) in [6.45, 7) is 0. The van der Waals surface area contributed by atoms with Gasteiger partial charge in [-0.15, -0.1) is 0 Å². The normalized spacial score (nSPS) is 27.2. The smallest absolute Gasteiger partial charge is 0.324 e. The van der Waals surface area contributed by atoms with Crippen LogP contribution >= 0.6 is 0 Å². The first-order chi connectivity index (χ1) is 7.25. The van der Waals surface area contributed by atoms with Crippen molar-refractivity contribution < 1.29 is 14.3 Å². The van der Waals surface area contributed by atoms with Crippen LogP contribution in [-0.4, -0.2) is 18.2 Å². The molecule has 2 unspecified atom stereocenters. The molecule has 1 fully saturated rings. The Hall–Kier alpha value is -2.04. The fraction of sp³-hybridized carbons (Fsp3) is 0.200. The molecule has 3 rings (SSSR count). The fourth-order valence-corrected chi connectivity index (χ4v) is 1.96. The summed E-state index contributed by atoms with van der Waals surface area (Å²) >= 11 is 0. The molecule has 5 heteroatoms. The monoisotopic (exact) mass is 204 g/mol. The van der Waals surface area contributed by atoms with Crippen molar-refractivity contribution in [1.29, 1.82) is 0 Å². The Bertz CT molecular complexity index is 458. The zero-order valence-electron chi connectivity index (χ0n) is 7.69. The van der Waals surface area contributed by atoms with Crippen LogP contribution in [0.1, 0.15) is 11.5 Å². The summed E-state index contributed by atoms with van der Waals surface area (Å²) in [6.07, 6.45) is -0.566. The molecule has 0 bridgehead atoms. The van der Waals surface area contributed by atoms with Gasteiger partial charge in [-0.25, -0.2) is 4.79 Å². The topological polar surface area (TPSA) is 67.4 Å². The second-order valence-corrected chi connectivity index (χ2v) is 3.52. The average Bonchev–Trinajstić information content (AvgIpc) is 2.54. The SMILES string of the molecule is O=C1NC(=O)C2c3ccccc3OC2N1. The van der Waals surface area contributed by atoms with Crippen molar-refractivity contribution in [3.8, 4) is 5.75 Å². The molecule has 2 N–H and O–H groups in total. The molecule has 0 aliphatic carbocycles. The number of fused-ring (bicyclic) bond motifs is 3. The molecule has 76 valence electrons. The minimum absolute atomic E-state index is 0.311. The van der Waals surface area contributed by atoms with Crippen molar-refractivity contribution >= 4 is 11.9 Å². The number of carbonyl (C=O) groups is 2. The molecule has 2 heterocycles. The van der Waals surface area contributed by atoms with E-state index in [2.05, 4.69) is 10.6 Å². The Morgan fingerprint density at radius 2 is 2.00 bits per heavy atom. The van der Waals surface area contributed by atoms with Crippen LogP contribution in [-0.2, 0) is 4.79 Å². The van der Waals surface area contributed by atoms with E-state index < -0.39 is 18.2 Å². The van der Waals surface area contributed by atoms with Crippen LogP contribution in [0.4, 0.5) is 4.79 Å². The Labute approximate surface area is 85.4 Å². The zero-order chi connectivity index (χ0) is 10.4. The summed E-state index contributed by atoms with van der Waals surface area (Å²) in [5.41, 5.74) is 0.819. The molecule has 2 atom stereocenters. The van der Waals surface area contributed by atoms with Gasteiger partial charge in [0.1, 0.15) is 11.7 Å². The van der Waals surface area contributed by atoms with E-state index in [1.165, 1.54) is 0 Å². The molecule has 0 spiro atoms. The Morgan fingerprint density at radius 1 is 1.20 bits per heavy atom. The van der Waals surface area contributed by atoms with Gasteiger partial charge in [0.05, 0.1) is 0 Å². The van der Waals surface area contributed by atoms with Gasteiger partial charge < -0.3 is 10.1 Å². The zero-order valence-corrected chi connectivity index (χ0v) is 7.69. The Morgan fingerprint density at radius 3 is 2.87 bits per heavy atom. The standard InChI is InChI=1S/C10H8N2O3/c13-8-7-5-3-1-2-4-6(5)15-9(7)12-10(14)11-8/h1-4,7,9H,(H2,11,12,13,14). The average molecular weight is 204 g/mol. The van der Waals surface area contributed by atoms with Crippen LogP contribution in [0.15, 0.2) is 24.3 Å². The summed E-state index contributed by atoms with van der Waals surface area (Å²) in [5, 5.41) is 4.79. The Balaban J connectivity index is 2.06. The van der Waals surface area contributed by atoms with Gasteiger partial charge in [0.2, 0.25) is 5.91 Å². The number of rotatable bonds is 0. The van der Waals surface area contributed by atoms with E-state index in [0.717, 1.165) is 5.56 Å². The number of benzene rings is 1. The molecule has 5 nitrogen and oxygen atoms in total. The molecular formula is C10H8N2O3. The van der Waals surface area contributed by atoms with Crippen LogP contribution in [0.2, 0.25) is 0 Å². The maximum atomic E-state index is 11.6. The minimum atomic E-state index is -0.566. The van der Waals surface area contributed by atoms with E-state index in [9.17, 15) is 9.59 Å². The van der Waals surface area contributed by atoms with E-state index in [1.54, 1.807) is 6.07 Å². The van der Waals surface area contributed by atoms with Crippen LogP contribution in [0, 0.1) is 0 Å². The second kappa shape index (κ2) is 2.73. The first-order valence-electron chi connectivity index (χ1n) is 4.62. The molecule has 0 radical (unpaired) electrons. The van der Waals surface area contributed by atoms with Crippen molar-refractivity contribution in [3.63, 3.8) is 0 Å². The lowest BCUT2D eigenvalue weighted by Crippen LogP contribution is -2.56. The highest BCUT2D eigenvalue weighted by molar-refractivity contribution is 6.01. The third-order valence-corrected chi connectivity index (χ3v) is 2.60. The fourth-order valence-electron chi connectivity index (χ4n) is 1.96. The first kappa shape index (κ1) is 8.28. The van der Waals surface area contributed by atoms with Crippen molar-refractivity contribution in [2.45, 2.75) is 12.1 Å². The van der Waals surface area contributed by atoms with Crippen LogP contribution in [0.25, 0.3) is 0 Å². The molecule has 2 aliphatic heterocycles. The molecule has 2 aliphatic rings. The molecule has 0 saturated carbocycles. The highest BCUT2D eigenvalue weighted by atomic mass is 16.5. The number of urea groups is 1. The predicted molar refractivity (Wildman–Crippen MR) is 50.3 cm³/mol. The van der Waals surface area contributed by atoms with Gasteiger partial charge in [-0.05, 0) is 6.07 Å². The molecule has 1 aromatic carbocycles. The molecule has 15 heavy (non-hydrogen) atoms. The van der Waals surface area contributed by atoms with Gasteiger partial charge in [0.25, 0.3) is 0 Å². The summed E-state index contributed by atoms with van der Waals surface area (Å²) < 4.78 is 5.46. The van der Waals surface area contributed by atoms with Crippen molar-refractivity contribution in [1.82, 2.24) is 10.6 Å². The maximum Gasteiger partial charge on any atom is 0.324 e.